The molecule has 0 saturated heterocycles. The van der Waals surface area contributed by atoms with Crippen molar-refractivity contribution in [3.05, 3.63) is 17.3 Å². The summed E-state index contributed by atoms with van der Waals surface area (Å²) in [4.78, 5) is 4.26. The first-order chi connectivity index (χ1) is 5.82. The Morgan fingerprint density at radius 3 is 2.15 bits per heavy atom. The molecule has 0 aliphatic heterocycles. The molecule has 1 aromatic rings. The number of oxazole rings is 1. The quantitative estimate of drug-likeness (QED) is 0.765. The summed E-state index contributed by atoms with van der Waals surface area (Å²) in [6, 6.07) is 0. The van der Waals surface area contributed by atoms with E-state index >= 15 is 0 Å². The molecule has 1 heterocycles. The van der Waals surface area contributed by atoms with Crippen molar-refractivity contribution < 1.29 is 9.52 Å². The molecule has 3 nitrogen and oxygen atoms in total. The zero-order valence-electron chi connectivity index (χ0n) is 8.88. The van der Waals surface area contributed by atoms with Crippen LogP contribution in [0.4, 0.5) is 0 Å². The van der Waals surface area contributed by atoms with E-state index in [9.17, 15) is 5.11 Å². The zero-order valence-corrected chi connectivity index (χ0v) is 8.88. The van der Waals surface area contributed by atoms with Crippen LogP contribution in [0.1, 0.15) is 51.0 Å². The van der Waals surface area contributed by atoms with Crippen molar-refractivity contribution in [1.82, 2.24) is 4.98 Å². The minimum atomic E-state index is -0.916. The lowest BCUT2D eigenvalue weighted by atomic mass is 10.0. The van der Waals surface area contributed by atoms with Gasteiger partial charge in [0.25, 0.3) is 0 Å². The van der Waals surface area contributed by atoms with Gasteiger partial charge in [-0.1, -0.05) is 13.8 Å². The summed E-state index contributed by atoms with van der Waals surface area (Å²) in [5, 5.41) is 9.74. The summed E-state index contributed by atoms with van der Waals surface area (Å²) in [7, 11) is 0. The summed E-state index contributed by atoms with van der Waals surface area (Å²) < 4.78 is 5.43. The van der Waals surface area contributed by atoms with Gasteiger partial charge >= 0.3 is 0 Å². The van der Waals surface area contributed by atoms with E-state index in [-0.39, 0.29) is 5.92 Å². The smallest absolute Gasteiger partial charge is 0.197 e. The first-order valence-electron chi connectivity index (χ1n) is 4.52. The maximum atomic E-state index is 9.74. The fraction of sp³-hybridized carbons (Fsp3) is 0.700. The van der Waals surface area contributed by atoms with Gasteiger partial charge in [-0.2, -0.15) is 0 Å². The summed E-state index contributed by atoms with van der Waals surface area (Å²) >= 11 is 0. The lowest BCUT2D eigenvalue weighted by Crippen LogP contribution is -2.17. The van der Waals surface area contributed by atoms with E-state index in [0.717, 1.165) is 0 Å². The van der Waals surface area contributed by atoms with Crippen LogP contribution in [0.3, 0.4) is 0 Å². The van der Waals surface area contributed by atoms with Crippen LogP contribution in [0.15, 0.2) is 4.42 Å². The molecule has 0 aliphatic rings. The van der Waals surface area contributed by atoms with Crippen LogP contribution in [0.2, 0.25) is 0 Å². The van der Waals surface area contributed by atoms with Crippen LogP contribution in [-0.2, 0) is 5.60 Å². The highest BCUT2D eigenvalue weighted by atomic mass is 16.4. The van der Waals surface area contributed by atoms with Crippen molar-refractivity contribution in [3.8, 4) is 0 Å². The van der Waals surface area contributed by atoms with E-state index < -0.39 is 5.60 Å². The summed E-state index contributed by atoms with van der Waals surface area (Å²) in [6.07, 6.45) is 0. The molecule has 0 spiro atoms. The van der Waals surface area contributed by atoms with Crippen LogP contribution in [0.5, 0.6) is 0 Å². The Bertz CT molecular complexity index is 294. The largest absolute Gasteiger partial charge is 0.445 e. The number of rotatable bonds is 2. The highest BCUT2D eigenvalue weighted by molar-refractivity contribution is 5.15. The average molecular weight is 183 g/mol. The van der Waals surface area contributed by atoms with Crippen LogP contribution in [0, 0.1) is 6.92 Å². The first kappa shape index (κ1) is 10.3. The van der Waals surface area contributed by atoms with Gasteiger partial charge < -0.3 is 9.52 Å². The SMILES string of the molecule is Cc1oc(C(C)C)nc1C(C)(C)O. The van der Waals surface area contributed by atoms with Crippen molar-refractivity contribution in [3.63, 3.8) is 0 Å². The number of aromatic nitrogens is 1. The third kappa shape index (κ3) is 2.10. The normalized spacial score (nSPS) is 12.5. The second-order valence-corrected chi connectivity index (χ2v) is 4.17. The van der Waals surface area contributed by atoms with E-state index in [1.54, 1.807) is 13.8 Å². The third-order valence-electron chi connectivity index (χ3n) is 1.89. The topological polar surface area (TPSA) is 46.3 Å². The zero-order chi connectivity index (χ0) is 10.2. The highest BCUT2D eigenvalue weighted by Gasteiger charge is 2.25. The molecular weight excluding hydrogens is 166 g/mol. The number of hydrogen-bond acceptors (Lipinski definition) is 3. The van der Waals surface area contributed by atoms with Gasteiger partial charge in [0.15, 0.2) is 5.89 Å². The first-order valence-corrected chi connectivity index (χ1v) is 4.52. The van der Waals surface area contributed by atoms with E-state index in [2.05, 4.69) is 4.98 Å². The summed E-state index contributed by atoms with van der Waals surface area (Å²) in [5.41, 5.74) is -0.281. The van der Waals surface area contributed by atoms with E-state index in [1.165, 1.54) is 0 Å². The number of aliphatic hydroxyl groups is 1. The van der Waals surface area contributed by atoms with E-state index in [1.807, 2.05) is 20.8 Å². The molecule has 1 aromatic heterocycles. The number of aryl methyl sites for hydroxylation is 1. The number of hydrogen-bond donors (Lipinski definition) is 1. The summed E-state index contributed by atoms with van der Waals surface area (Å²) in [6.45, 7) is 9.27. The molecule has 0 aromatic carbocycles. The molecule has 1 rings (SSSR count). The maximum absolute atomic E-state index is 9.74. The van der Waals surface area contributed by atoms with Crippen molar-refractivity contribution >= 4 is 0 Å². The molecule has 0 radical (unpaired) electrons. The van der Waals surface area contributed by atoms with Crippen molar-refractivity contribution in [2.75, 3.05) is 0 Å². The molecule has 0 atom stereocenters. The predicted octanol–water partition coefficient (Wildman–Crippen LogP) is 2.33. The van der Waals surface area contributed by atoms with E-state index in [0.29, 0.717) is 17.3 Å². The molecule has 0 aliphatic carbocycles. The minimum absolute atomic E-state index is 0.259. The van der Waals surface area contributed by atoms with Crippen LogP contribution >= 0.6 is 0 Å². The Kier molecular flexibility index (Phi) is 2.48. The molecule has 0 bridgehead atoms. The van der Waals surface area contributed by atoms with Crippen LogP contribution in [-0.4, -0.2) is 10.1 Å². The Balaban J connectivity index is 3.11. The minimum Gasteiger partial charge on any atom is -0.445 e. The lowest BCUT2D eigenvalue weighted by Gasteiger charge is -2.13. The maximum Gasteiger partial charge on any atom is 0.197 e. The molecule has 0 unspecified atom stereocenters. The van der Waals surface area contributed by atoms with Crippen molar-refractivity contribution in [2.24, 2.45) is 0 Å². The molecule has 3 heteroatoms. The van der Waals surface area contributed by atoms with Gasteiger partial charge in [0.2, 0.25) is 0 Å². The van der Waals surface area contributed by atoms with Gasteiger partial charge in [-0.3, -0.25) is 0 Å². The molecule has 13 heavy (non-hydrogen) atoms. The molecule has 0 saturated carbocycles. The molecule has 1 N–H and O–H groups in total. The second-order valence-electron chi connectivity index (χ2n) is 4.17. The summed E-state index contributed by atoms with van der Waals surface area (Å²) in [5.74, 6) is 1.65. The highest BCUT2D eigenvalue weighted by Crippen LogP contribution is 2.25. The van der Waals surface area contributed by atoms with Gasteiger partial charge in [-0.05, 0) is 20.8 Å². The van der Waals surface area contributed by atoms with Gasteiger partial charge in [0.1, 0.15) is 17.1 Å². The standard InChI is InChI=1S/C10H17NO2/c1-6(2)9-11-8(7(3)13-9)10(4,5)12/h6,12H,1-5H3. The van der Waals surface area contributed by atoms with Crippen LogP contribution in [0.25, 0.3) is 0 Å². The van der Waals surface area contributed by atoms with Crippen molar-refractivity contribution in [1.29, 1.82) is 0 Å². The fourth-order valence-corrected chi connectivity index (χ4v) is 1.23. The number of nitrogens with zero attached hydrogens (tertiary/aromatic N) is 1. The molecule has 0 amide bonds. The third-order valence-corrected chi connectivity index (χ3v) is 1.89. The van der Waals surface area contributed by atoms with Gasteiger partial charge in [0.05, 0.1) is 0 Å². The Morgan fingerprint density at radius 1 is 1.38 bits per heavy atom. The Morgan fingerprint density at radius 2 is 1.92 bits per heavy atom. The van der Waals surface area contributed by atoms with Gasteiger partial charge in [0, 0.05) is 5.92 Å². The monoisotopic (exact) mass is 183 g/mol. The van der Waals surface area contributed by atoms with Gasteiger partial charge in [-0.15, -0.1) is 0 Å². The van der Waals surface area contributed by atoms with Gasteiger partial charge in [-0.25, -0.2) is 4.98 Å². The lowest BCUT2D eigenvalue weighted by molar-refractivity contribution is 0.0728. The predicted molar refractivity (Wildman–Crippen MR) is 50.6 cm³/mol. The molecular formula is C10H17NO2. The molecule has 74 valence electrons. The Hall–Kier alpha value is -0.830. The van der Waals surface area contributed by atoms with Crippen molar-refractivity contribution in [2.45, 2.75) is 46.1 Å². The average Bonchev–Trinajstić information content (AvgIpc) is 2.29. The van der Waals surface area contributed by atoms with E-state index in [4.69, 9.17) is 4.42 Å². The fourth-order valence-electron chi connectivity index (χ4n) is 1.23. The molecule has 0 fully saturated rings. The van der Waals surface area contributed by atoms with Crippen LogP contribution < -0.4 is 0 Å². The Labute approximate surface area is 78.8 Å². The second kappa shape index (κ2) is 3.14.